The van der Waals surface area contributed by atoms with Gasteiger partial charge in [0.2, 0.25) is 4.96 Å². The maximum Gasteiger partial charge on any atom is 0.406 e. The van der Waals surface area contributed by atoms with Crippen LogP contribution in [0.1, 0.15) is 5.69 Å². The summed E-state index contributed by atoms with van der Waals surface area (Å²) in [6, 6.07) is 0. The molecule has 0 fully saturated rings. The average Bonchev–Trinajstić information content (AvgIpc) is 2.81. The third kappa shape index (κ3) is 2.07. The quantitative estimate of drug-likeness (QED) is 0.836. The molecule has 0 bridgehead atoms. The summed E-state index contributed by atoms with van der Waals surface area (Å²) in [5.74, 6) is 0. The van der Waals surface area contributed by atoms with Crippen LogP contribution in [0.3, 0.4) is 0 Å². The van der Waals surface area contributed by atoms with Crippen LogP contribution >= 0.6 is 11.3 Å². The fourth-order valence-electron chi connectivity index (χ4n) is 1.22. The Morgan fingerprint density at radius 1 is 1.73 bits per heavy atom. The molecule has 0 radical (unpaired) electrons. The highest BCUT2D eigenvalue weighted by atomic mass is 32.1. The van der Waals surface area contributed by atoms with E-state index in [2.05, 4.69) is 20.3 Å². The zero-order valence-corrected chi connectivity index (χ0v) is 8.95. The first kappa shape index (κ1) is 9.91. The molecule has 0 unspecified atom stereocenters. The van der Waals surface area contributed by atoms with E-state index in [4.69, 9.17) is 0 Å². The van der Waals surface area contributed by atoms with Crippen molar-refractivity contribution in [3.8, 4) is 0 Å². The Morgan fingerprint density at radius 2 is 2.60 bits per heavy atom. The average molecular weight is 226 g/mol. The lowest BCUT2D eigenvalue weighted by Gasteiger charge is -2.02. The molecular weight excluding hydrogens is 216 g/mol. The molecule has 1 N–H and O–H groups in total. The number of carbonyl (C=O) groups excluding carboxylic acids is 1. The Bertz CT molecular complexity index is 464. The van der Waals surface area contributed by atoms with Crippen LogP contribution in [0.4, 0.5) is 4.79 Å². The number of amides is 1. The monoisotopic (exact) mass is 226 g/mol. The molecule has 2 aromatic rings. The number of methoxy groups -OCH3 is 1. The fourth-order valence-corrected chi connectivity index (χ4v) is 2.07. The Labute approximate surface area is 89.9 Å². The summed E-state index contributed by atoms with van der Waals surface area (Å²) in [7, 11) is 1.35. The number of hydrogen-bond donors (Lipinski definition) is 1. The van der Waals surface area contributed by atoms with Crippen LogP contribution < -0.4 is 5.32 Å². The number of hydrogen-bond acceptors (Lipinski definition) is 5. The van der Waals surface area contributed by atoms with Crippen LogP contribution in [0.25, 0.3) is 4.96 Å². The van der Waals surface area contributed by atoms with Gasteiger partial charge in [0, 0.05) is 24.0 Å². The van der Waals surface area contributed by atoms with E-state index in [-0.39, 0.29) is 0 Å². The molecule has 0 aliphatic heterocycles. The Kier molecular flexibility index (Phi) is 2.82. The highest BCUT2D eigenvalue weighted by Gasteiger charge is 2.05. The number of ether oxygens (including phenoxy) is 1. The van der Waals surface area contributed by atoms with Crippen LogP contribution in [0.5, 0.6) is 0 Å². The van der Waals surface area contributed by atoms with Crippen molar-refractivity contribution in [2.75, 3.05) is 13.7 Å². The first-order valence-electron chi connectivity index (χ1n) is 4.39. The fraction of sp³-hybridized carbons (Fsp3) is 0.375. The summed E-state index contributed by atoms with van der Waals surface area (Å²) in [5, 5.41) is 12.3. The van der Waals surface area contributed by atoms with E-state index < -0.39 is 6.09 Å². The van der Waals surface area contributed by atoms with Crippen LogP contribution in [0.15, 0.2) is 11.7 Å². The van der Waals surface area contributed by atoms with E-state index in [1.54, 1.807) is 6.33 Å². The number of aromatic nitrogens is 3. The van der Waals surface area contributed by atoms with Crippen molar-refractivity contribution in [1.29, 1.82) is 0 Å². The summed E-state index contributed by atoms with van der Waals surface area (Å²) in [6.45, 7) is 0.538. The lowest BCUT2D eigenvalue weighted by atomic mass is 10.3. The largest absolute Gasteiger partial charge is 0.453 e. The number of carbonyl (C=O) groups is 1. The maximum absolute atomic E-state index is 10.8. The predicted octanol–water partition coefficient (Wildman–Crippen LogP) is 0.689. The minimum atomic E-state index is -0.412. The molecule has 7 heteroatoms. The predicted molar refractivity (Wildman–Crippen MR) is 55.0 cm³/mol. The molecular formula is C8H10N4O2S. The highest BCUT2D eigenvalue weighted by Crippen LogP contribution is 2.13. The zero-order valence-electron chi connectivity index (χ0n) is 8.14. The van der Waals surface area contributed by atoms with E-state index >= 15 is 0 Å². The summed E-state index contributed by atoms with van der Waals surface area (Å²) in [5.41, 5.74) is 1.08. The summed E-state index contributed by atoms with van der Waals surface area (Å²) in [4.78, 5) is 11.7. The van der Waals surface area contributed by atoms with Gasteiger partial charge in [-0.1, -0.05) is 0 Å². The summed E-state index contributed by atoms with van der Waals surface area (Å²) >= 11 is 1.53. The molecule has 0 saturated heterocycles. The Morgan fingerprint density at radius 3 is 3.40 bits per heavy atom. The first-order valence-corrected chi connectivity index (χ1v) is 5.27. The van der Waals surface area contributed by atoms with Crippen molar-refractivity contribution in [1.82, 2.24) is 19.9 Å². The second-order valence-electron chi connectivity index (χ2n) is 2.88. The molecule has 0 saturated carbocycles. The third-order valence-corrected chi connectivity index (χ3v) is 2.84. The van der Waals surface area contributed by atoms with Gasteiger partial charge in [-0.3, -0.25) is 4.40 Å². The van der Waals surface area contributed by atoms with Gasteiger partial charge in [-0.05, 0) is 0 Å². The topological polar surface area (TPSA) is 68.5 Å². The van der Waals surface area contributed by atoms with Gasteiger partial charge in [-0.25, -0.2) is 4.79 Å². The highest BCUT2D eigenvalue weighted by molar-refractivity contribution is 7.15. The molecule has 0 aliphatic rings. The van der Waals surface area contributed by atoms with Gasteiger partial charge in [0.05, 0.1) is 7.11 Å². The van der Waals surface area contributed by atoms with E-state index in [0.29, 0.717) is 6.54 Å². The lowest BCUT2D eigenvalue weighted by molar-refractivity contribution is 0.171. The molecule has 0 aromatic carbocycles. The summed E-state index contributed by atoms with van der Waals surface area (Å²) < 4.78 is 6.37. The van der Waals surface area contributed by atoms with Crippen molar-refractivity contribution < 1.29 is 9.53 Å². The molecule has 80 valence electrons. The second kappa shape index (κ2) is 4.26. The van der Waals surface area contributed by atoms with Crippen molar-refractivity contribution >= 4 is 22.4 Å². The van der Waals surface area contributed by atoms with Gasteiger partial charge < -0.3 is 10.1 Å². The van der Waals surface area contributed by atoms with Crippen molar-refractivity contribution in [3.05, 3.63) is 17.4 Å². The van der Waals surface area contributed by atoms with Gasteiger partial charge >= 0.3 is 6.09 Å². The number of rotatable bonds is 3. The van der Waals surface area contributed by atoms with Crippen molar-refractivity contribution in [2.24, 2.45) is 0 Å². The minimum Gasteiger partial charge on any atom is -0.453 e. The molecule has 2 heterocycles. The van der Waals surface area contributed by atoms with Gasteiger partial charge in [0.25, 0.3) is 0 Å². The number of nitrogens with one attached hydrogen (secondary N) is 1. The standard InChI is InChI=1S/C8H10N4O2S/c1-14-8(13)9-3-2-6-4-15-7-11-10-5-12(6)7/h4-5H,2-3H2,1H3,(H,9,13). The molecule has 0 aliphatic carbocycles. The van der Waals surface area contributed by atoms with E-state index in [9.17, 15) is 4.79 Å². The zero-order chi connectivity index (χ0) is 10.7. The van der Waals surface area contributed by atoms with Gasteiger partial charge in [0.1, 0.15) is 6.33 Å². The molecule has 0 spiro atoms. The van der Waals surface area contributed by atoms with Crippen LogP contribution in [0, 0.1) is 0 Å². The van der Waals surface area contributed by atoms with Gasteiger partial charge in [0.15, 0.2) is 0 Å². The van der Waals surface area contributed by atoms with E-state index in [0.717, 1.165) is 17.1 Å². The molecule has 0 atom stereocenters. The number of nitrogens with zero attached hydrogens (tertiary/aromatic N) is 3. The molecule has 15 heavy (non-hydrogen) atoms. The second-order valence-corrected chi connectivity index (χ2v) is 3.72. The van der Waals surface area contributed by atoms with E-state index in [1.165, 1.54) is 18.4 Å². The van der Waals surface area contributed by atoms with E-state index in [1.807, 2.05) is 9.78 Å². The Balaban J connectivity index is 1.95. The van der Waals surface area contributed by atoms with Gasteiger partial charge in [-0.2, -0.15) is 0 Å². The SMILES string of the molecule is COC(=O)NCCc1csc2nncn12. The van der Waals surface area contributed by atoms with Crippen LogP contribution in [-0.4, -0.2) is 34.3 Å². The third-order valence-electron chi connectivity index (χ3n) is 1.96. The minimum absolute atomic E-state index is 0.412. The molecule has 2 aromatic heterocycles. The first-order chi connectivity index (χ1) is 7.31. The summed E-state index contributed by atoms with van der Waals surface area (Å²) in [6.07, 6.45) is 1.98. The molecule has 6 nitrogen and oxygen atoms in total. The van der Waals surface area contributed by atoms with Crippen molar-refractivity contribution in [2.45, 2.75) is 6.42 Å². The Hall–Kier alpha value is -1.63. The number of thiazole rings is 1. The molecule has 2 rings (SSSR count). The van der Waals surface area contributed by atoms with Crippen LogP contribution in [-0.2, 0) is 11.2 Å². The van der Waals surface area contributed by atoms with Crippen molar-refractivity contribution in [3.63, 3.8) is 0 Å². The lowest BCUT2D eigenvalue weighted by Crippen LogP contribution is -2.25. The van der Waals surface area contributed by atoms with Crippen LogP contribution in [0.2, 0.25) is 0 Å². The van der Waals surface area contributed by atoms with Gasteiger partial charge in [-0.15, -0.1) is 21.5 Å². The normalized spacial score (nSPS) is 10.5. The number of fused-ring (bicyclic) bond motifs is 1. The maximum atomic E-state index is 10.8. The number of alkyl carbamates (subject to hydrolysis) is 1. The smallest absolute Gasteiger partial charge is 0.406 e. The molecule has 1 amide bonds.